The van der Waals surface area contributed by atoms with Gasteiger partial charge in [0.05, 0.1) is 16.0 Å². The highest BCUT2D eigenvalue weighted by Gasteiger charge is 2.30. The van der Waals surface area contributed by atoms with E-state index in [4.69, 9.17) is 16.3 Å². The van der Waals surface area contributed by atoms with Crippen LogP contribution in [0.2, 0.25) is 0 Å². The second-order valence-electron chi connectivity index (χ2n) is 4.71. The molecule has 1 saturated heterocycles. The van der Waals surface area contributed by atoms with E-state index in [-0.39, 0.29) is 16.3 Å². The number of hydrogen-bond acceptors (Lipinski definition) is 4. The molecule has 0 aromatic heterocycles. The van der Waals surface area contributed by atoms with Crippen molar-refractivity contribution in [1.82, 2.24) is 5.32 Å². The van der Waals surface area contributed by atoms with E-state index in [2.05, 4.69) is 5.32 Å². The molecule has 18 heavy (non-hydrogen) atoms. The molecule has 1 aromatic carbocycles. The van der Waals surface area contributed by atoms with Crippen LogP contribution in [0.5, 0.6) is 0 Å². The number of halogens is 1. The number of nitrogens with zero attached hydrogens (tertiary/aromatic N) is 1. The van der Waals surface area contributed by atoms with Gasteiger partial charge in [-0.25, -0.2) is 0 Å². The third-order valence-electron chi connectivity index (χ3n) is 2.57. The summed E-state index contributed by atoms with van der Waals surface area (Å²) in [5, 5.41) is 14.3. The third kappa shape index (κ3) is 2.41. The molecular formula is C12H13ClN2O3. The number of para-hydroxylation sites is 1. The molecule has 0 radical (unpaired) electrons. The first-order chi connectivity index (χ1) is 8.41. The summed E-state index contributed by atoms with van der Waals surface area (Å²) < 4.78 is 5.43. The van der Waals surface area contributed by atoms with Crippen molar-refractivity contribution in [3.05, 3.63) is 45.8 Å². The van der Waals surface area contributed by atoms with Crippen molar-refractivity contribution < 1.29 is 9.66 Å². The van der Waals surface area contributed by atoms with Crippen LogP contribution in [-0.2, 0) is 4.74 Å². The van der Waals surface area contributed by atoms with Crippen LogP contribution in [0.4, 0.5) is 5.69 Å². The molecule has 96 valence electrons. The first-order valence-corrected chi connectivity index (χ1v) is 5.83. The minimum atomic E-state index is -0.460. The van der Waals surface area contributed by atoms with Crippen LogP contribution in [-0.4, -0.2) is 17.1 Å². The number of nitro benzene ring substituents is 1. The predicted octanol–water partition coefficient (Wildman–Crippen LogP) is 2.86. The highest BCUT2D eigenvalue weighted by atomic mass is 35.5. The Hall–Kier alpha value is -1.75. The van der Waals surface area contributed by atoms with Crippen molar-refractivity contribution in [2.45, 2.75) is 19.4 Å². The van der Waals surface area contributed by atoms with Crippen LogP contribution >= 0.6 is 11.6 Å². The van der Waals surface area contributed by atoms with E-state index in [1.54, 1.807) is 18.2 Å². The van der Waals surface area contributed by atoms with Crippen molar-refractivity contribution >= 4 is 22.3 Å². The van der Waals surface area contributed by atoms with E-state index in [9.17, 15) is 10.1 Å². The molecule has 1 aliphatic heterocycles. The summed E-state index contributed by atoms with van der Waals surface area (Å²) in [5.74, 6) is 0.385. The Morgan fingerprint density at radius 3 is 2.72 bits per heavy atom. The van der Waals surface area contributed by atoms with Gasteiger partial charge in [-0.05, 0) is 19.9 Å². The fourth-order valence-corrected chi connectivity index (χ4v) is 1.95. The quantitative estimate of drug-likeness (QED) is 0.662. The largest absolute Gasteiger partial charge is 0.476 e. The molecule has 0 saturated carbocycles. The highest BCUT2D eigenvalue weighted by Crippen LogP contribution is 2.33. The molecule has 1 aliphatic rings. The summed E-state index contributed by atoms with van der Waals surface area (Å²) in [6.07, 6.45) is 0. The lowest BCUT2D eigenvalue weighted by atomic mass is 10.1. The van der Waals surface area contributed by atoms with Gasteiger partial charge in [0.1, 0.15) is 11.6 Å². The second-order valence-corrected chi connectivity index (χ2v) is 5.09. The maximum Gasteiger partial charge on any atom is 0.278 e. The fraction of sp³-hybridized carbons (Fsp3) is 0.333. The minimum Gasteiger partial charge on any atom is -0.476 e. The van der Waals surface area contributed by atoms with Crippen LogP contribution in [0.15, 0.2) is 30.1 Å². The molecule has 0 bridgehead atoms. The Labute approximate surface area is 110 Å². The van der Waals surface area contributed by atoms with E-state index in [1.807, 2.05) is 13.8 Å². The molecule has 0 aliphatic carbocycles. The minimum absolute atomic E-state index is 0.0369. The zero-order valence-corrected chi connectivity index (χ0v) is 10.8. The summed E-state index contributed by atoms with van der Waals surface area (Å²) in [7, 11) is 0. The van der Waals surface area contributed by atoms with Crippen molar-refractivity contribution in [1.29, 1.82) is 0 Å². The molecule has 1 aromatic rings. The molecule has 1 fully saturated rings. The SMILES string of the molecule is CC1(C)CO/C(=C(\Cl)c2ccccc2[N+](=O)[O-])N1. The van der Waals surface area contributed by atoms with Crippen LogP contribution in [0.1, 0.15) is 19.4 Å². The number of rotatable bonds is 2. The summed E-state index contributed by atoms with van der Waals surface area (Å²) in [5.41, 5.74) is 0.0911. The smallest absolute Gasteiger partial charge is 0.278 e. The van der Waals surface area contributed by atoms with Crippen LogP contribution in [0.3, 0.4) is 0 Å². The highest BCUT2D eigenvalue weighted by molar-refractivity contribution is 6.49. The number of nitrogens with one attached hydrogen (secondary N) is 1. The van der Waals surface area contributed by atoms with E-state index < -0.39 is 4.92 Å². The van der Waals surface area contributed by atoms with Crippen LogP contribution < -0.4 is 5.32 Å². The predicted molar refractivity (Wildman–Crippen MR) is 69.0 cm³/mol. The van der Waals surface area contributed by atoms with Crippen LogP contribution in [0.25, 0.3) is 5.03 Å². The van der Waals surface area contributed by atoms with Crippen molar-refractivity contribution in [3.63, 3.8) is 0 Å². The lowest BCUT2D eigenvalue weighted by Gasteiger charge is -2.13. The molecular weight excluding hydrogens is 256 g/mol. The van der Waals surface area contributed by atoms with Crippen LogP contribution in [0, 0.1) is 10.1 Å². The number of benzene rings is 1. The van der Waals surface area contributed by atoms with Gasteiger partial charge in [-0.3, -0.25) is 10.1 Å². The molecule has 6 heteroatoms. The van der Waals surface area contributed by atoms with Gasteiger partial charge < -0.3 is 10.1 Å². The van der Waals surface area contributed by atoms with Gasteiger partial charge in [0, 0.05) is 6.07 Å². The Balaban J connectivity index is 2.44. The summed E-state index contributed by atoms with van der Waals surface area (Å²) in [6, 6.07) is 6.32. The van der Waals surface area contributed by atoms with Crippen molar-refractivity contribution in [2.24, 2.45) is 0 Å². The zero-order chi connectivity index (χ0) is 13.3. The lowest BCUT2D eigenvalue weighted by molar-refractivity contribution is -0.385. The van der Waals surface area contributed by atoms with E-state index >= 15 is 0 Å². The van der Waals surface area contributed by atoms with Gasteiger partial charge in [-0.2, -0.15) is 0 Å². The topological polar surface area (TPSA) is 64.4 Å². The standard InChI is InChI=1S/C12H13ClN2O3/c1-12(2)7-18-11(14-12)10(13)8-5-3-4-6-9(8)15(16)17/h3-6,14H,7H2,1-2H3/b11-10-. The molecule has 0 amide bonds. The Morgan fingerprint density at radius 1 is 1.50 bits per heavy atom. The second kappa shape index (κ2) is 4.49. The molecule has 0 atom stereocenters. The maximum atomic E-state index is 10.9. The normalized spacial score (nSPS) is 19.9. The summed E-state index contributed by atoms with van der Waals surface area (Å²) >= 11 is 6.18. The third-order valence-corrected chi connectivity index (χ3v) is 2.94. The van der Waals surface area contributed by atoms with E-state index in [0.717, 1.165) is 0 Å². The first kappa shape index (κ1) is 12.7. The van der Waals surface area contributed by atoms with Gasteiger partial charge in [0.2, 0.25) is 5.88 Å². The van der Waals surface area contributed by atoms with Gasteiger partial charge in [0.15, 0.2) is 0 Å². The Morgan fingerprint density at radius 2 is 2.17 bits per heavy atom. The van der Waals surface area contributed by atoms with E-state index in [0.29, 0.717) is 18.1 Å². The first-order valence-electron chi connectivity index (χ1n) is 5.45. The Kier molecular flexibility index (Phi) is 3.17. The van der Waals surface area contributed by atoms with Crippen molar-refractivity contribution in [3.8, 4) is 0 Å². The van der Waals surface area contributed by atoms with Gasteiger partial charge in [-0.15, -0.1) is 0 Å². The van der Waals surface area contributed by atoms with E-state index in [1.165, 1.54) is 6.07 Å². The summed E-state index contributed by atoms with van der Waals surface area (Å²) in [4.78, 5) is 10.5. The maximum absolute atomic E-state index is 10.9. The monoisotopic (exact) mass is 268 g/mol. The molecule has 0 spiro atoms. The molecule has 2 rings (SSSR count). The summed E-state index contributed by atoms with van der Waals surface area (Å²) in [6.45, 7) is 4.40. The number of nitro groups is 1. The Bertz CT molecular complexity index is 526. The van der Waals surface area contributed by atoms with Gasteiger partial charge in [0.25, 0.3) is 5.69 Å². The number of hydrogen-bond donors (Lipinski definition) is 1. The average molecular weight is 269 g/mol. The molecule has 0 unspecified atom stereocenters. The zero-order valence-electron chi connectivity index (χ0n) is 10.1. The molecule has 1 heterocycles. The fourth-order valence-electron chi connectivity index (χ4n) is 1.69. The average Bonchev–Trinajstić information content (AvgIpc) is 2.68. The number of ether oxygens (including phenoxy) is 1. The van der Waals surface area contributed by atoms with Gasteiger partial charge in [-0.1, -0.05) is 23.7 Å². The molecule has 5 nitrogen and oxygen atoms in total. The van der Waals surface area contributed by atoms with Gasteiger partial charge >= 0.3 is 0 Å². The lowest BCUT2D eigenvalue weighted by Crippen LogP contribution is -2.34. The molecule has 1 N–H and O–H groups in total. The van der Waals surface area contributed by atoms with Crippen molar-refractivity contribution in [2.75, 3.05) is 6.61 Å².